The molecule has 1 atom stereocenters. The van der Waals surface area contributed by atoms with E-state index in [0.717, 1.165) is 0 Å². The van der Waals surface area contributed by atoms with Crippen molar-refractivity contribution >= 4 is 11.8 Å². The zero-order valence-corrected chi connectivity index (χ0v) is 13.5. The highest BCUT2D eigenvalue weighted by atomic mass is 19.1. The van der Waals surface area contributed by atoms with Crippen molar-refractivity contribution in [2.75, 3.05) is 13.1 Å². The van der Waals surface area contributed by atoms with Crippen molar-refractivity contribution in [2.24, 2.45) is 0 Å². The van der Waals surface area contributed by atoms with Gasteiger partial charge in [-0.05, 0) is 17.7 Å². The molecule has 1 unspecified atom stereocenters. The second-order valence-corrected chi connectivity index (χ2v) is 6.01. The first-order valence-corrected chi connectivity index (χ1v) is 7.78. The number of piperazine rings is 1. The average Bonchev–Trinajstić information content (AvgIpc) is 3.05. The quantitative estimate of drug-likeness (QED) is 0.936. The molecule has 1 fully saturated rings. The van der Waals surface area contributed by atoms with Gasteiger partial charge in [-0.15, -0.1) is 0 Å². The maximum atomic E-state index is 13.1. The lowest BCUT2D eigenvalue weighted by atomic mass is 10.0. The first-order chi connectivity index (χ1) is 11.5. The van der Waals surface area contributed by atoms with Crippen molar-refractivity contribution in [1.29, 1.82) is 0 Å². The molecular weight excluding hydrogens is 313 g/mol. The van der Waals surface area contributed by atoms with Gasteiger partial charge in [0.1, 0.15) is 17.6 Å². The molecule has 1 N–H and O–H groups in total. The predicted octanol–water partition coefficient (Wildman–Crippen LogP) is 2.25. The summed E-state index contributed by atoms with van der Waals surface area (Å²) in [5, 5.41) is 6.56. The molecule has 1 aromatic carbocycles. The predicted molar refractivity (Wildman–Crippen MR) is 83.8 cm³/mol. The molecule has 0 aliphatic carbocycles. The summed E-state index contributed by atoms with van der Waals surface area (Å²) in [6.45, 7) is 4.57. The van der Waals surface area contributed by atoms with Gasteiger partial charge in [-0.2, -0.15) is 0 Å². The summed E-state index contributed by atoms with van der Waals surface area (Å²) in [6.07, 6.45) is 0. The molecule has 0 saturated carbocycles. The average molecular weight is 331 g/mol. The highest BCUT2D eigenvalue weighted by molar-refractivity contribution is 5.97. The van der Waals surface area contributed by atoms with Crippen molar-refractivity contribution in [3.63, 3.8) is 0 Å². The van der Waals surface area contributed by atoms with Crippen LogP contribution in [-0.4, -0.2) is 35.0 Å². The molecule has 1 aliphatic rings. The zero-order valence-electron chi connectivity index (χ0n) is 13.5. The Labute approximate surface area is 138 Å². The van der Waals surface area contributed by atoms with Crippen LogP contribution in [0.1, 0.15) is 47.6 Å². The summed E-state index contributed by atoms with van der Waals surface area (Å²) in [6, 6.07) is 6.34. The van der Waals surface area contributed by atoms with Crippen LogP contribution in [0, 0.1) is 5.82 Å². The van der Waals surface area contributed by atoms with Crippen LogP contribution in [-0.2, 0) is 4.79 Å². The third-order valence-electron chi connectivity index (χ3n) is 3.98. The van der Waals surface area contributed by atoms with Crippen LogP contribution in [0.3, 0.4) is 0 Å². The number of carbonyl (C=O) groups excluding carboxylic acids is 2. The smallest absolute Gasteiger partial charge is 0.277 e. The highest BCUT2D eigenvalue weighted by Gasteiger charge is 2.36. The van der Waals surface area contributed by atoms with E-state index in [4.69, 9.17) is 4.52 Å². The van der Waals surface area contributed by atoms with Gasteiger partial charge in [0.15, 0.2) is 5.69 Å². The molecule has 126 valence electrons. The number of halogens is 1. The number of aromatic nitrogens is 1. The van der Waals surface area contributed by atoms with E-state index < -0.39 is 11.9 Å². The maximum Gasteiger partial charge on any atom is 0.277 e. The lowest BCUT2D eigenvalue weighted by Crippen LogP contribution is -2.52. The third kappa shape index (κ3) is 3.02. The molecular formula is C17H18FN3O3. The number of rotatable bonds is 3. The van der Waals surface area contributed by atoms with Crippen LogP contribution in [0.2, 0.25) is 0 Å². The van der Waals surface area contributed by atoms with Crippen molar-refractivity contribution in [3.05, 3.63) is 53.2 Å². The molecule has 24 heavy (non-hydrogen) atoms. The van der Waals surface area contributed by atoms with Gasteiger partial charge in [0.05, 0.1) is 0 Å². The van der Waals surface area contributed by atoms with E-state index >= 15 is 0 Å². The van der Waals surface area contributed by atoms with Crippen molar-refractivity contribution in [1.82, 2.24) is 15.4 Å². The minimum Gasteiger partial charge on any atom is -0.360 e. The Bertz CT molecular complexity index is 755. The molecule has 0 bridgehead atoms. The Morgan fingerprint density at radius 3 is 2.71 bits per heavy atom. The fourth-order valence-electron chi connectivity index (χ4n) is 2.67. The van der Waals surface area contributed by atoms with Gasteiger partial charge in [0.25, 0.3) is 5.91 Å². The fraction of sp³-hybridized carbons (Fsp3) is 0.353. The largest absolute Gasteiger partial charge is 0.360 e. The van der Waals surface area contributed by atoms with Crippen LogP contribution < -0.4 is 5.32 Å². The molecule has 6 nitrogen and oxygen atoms in total. The van der Waals surface area contributed by atoms with E-state index in [1.54, 1.807) is 6.07 Å². The summed E-state index contributed by atoms with van der Waals surface area (Å²) < 4.78 is 18.3. The third-order valence-corrected chi connectivity index (χ3v) is 3.98. The minimum atomic E-state index is -0.814. The van der Waals surface area contributed by atoms with Crippen LogP contribution >= 0.6 is 0 Å². The lowest BCUT2D eigenvalue weighted by Gasteiger charge is -2.34. The molecule has 2 amide bonds. The minimum absolute atomic E-state index is 0.108. The fourth-order valence-corrected chi connectivity index (χ4v) is 2.67. The first-order valence-electron chi connectivity index (χ1n) is 7.78. The molecule has 3 rings (SSSR count). The molecule has 0 radical (unpaired) electrons. The van der Waals surface area contributed by atoms with Gasteiger partial charge in [0.2, 0.25) is 5.91 Å². The van der Waals surface area contributed by atoms with Gasteiger partial charge < -0.3 is 14.7 Å². The summed E-state index contributed by atoms with van der Waals surface area (Å²) in [5.74, 6) is -0.357. The number of benzene rings is 1. The monoisotopic (exact) mass is 331 g/mol. The van der Waals surface area contributed by atoms with E-state index in [0.29, 0.717) is 24.4 Å². The lowest BCUT2D eigenvalue weighted by molar-refractivity contribution is -0.128. The van der Waals surface area contributed by atoms with Gasteiger partial charge in [-0.1, -0.05) is 31.1 Å². The van der Waals surface area contributed by atoms with Crippen LogP contribution in [0.15, 0.2) is 34.9 Å². The van der Waals surface area contributed by atoms with Crippen molar-refractivity contribution in [3.8, 4) is 0 Å². The Balaban J connectivity index is 1.91. The van der Waals surface area contributed by atoms with E-state index in [2.05, 4.69) is 10.5 Å². The molecule has 2 heterocycles. The van der Waals surface area contributed by atoms with E-state index in [1.807, 2.05) is 13.8 Å². The van der Waals surface area contributed by atoms with E-state index in [9.17, 15) is 14.0 Å². The van der Waals surface area contributed by atoms with Crippen LogP contribution in [0.25, 0.3) is 0 Å². The number of nitrogens with zero attached hydrogens (tertiary/aromatic N) is 2. The van der Waals surface area contributed by atoms with E-state index in [1.165, 1.54) is 29.2 Å². The molecule has 1 aliphatic heterocycles. The van der Waals surface area contributed by atoms with Gasteiger partial charge in [-0.3, -0.25) is 9.59 Å². The van der Waals surface area contributed by atoms with Crippen molar-refractivity contribution < 1.29 is 18.5 Å². The number of hydrogen-bond donors (Lipinski definition) is 1. The molecule has 0 spiro atoms. The molecule has 7 heteroatoms. The zero-order chi connectivity index (χ0) is 17.3. The van der Waals surface area contributed by atoms with Crippen molar-refractivity contribution in [2.45, 2.75) is 25.8 Å². The second kappa shape index (κ2) is 6.43. The summed E-state index contributed by atoms with van der Waals surface area (Å²) in [5.41, 5.74) is 0.718. The standard InChI is InChI=1S/C17H18FN3O3/c1-10(2)14-9-13(20-24-14)17(23)21-8-7-19-16(22)15(21)11-3-5-12(18)6-4-11/h3-6,9-10,15H,7-8H2,1-2H3,(H,19,22). The normalized spacial score (nSPS) is 17.9. The number of amides is 2. The number of carbonyl (C=O) groups is 2. The number of nitrogens with one attached hydrogen (secondary N) is 1. The maximum absolute atomic E-state index is 13.1. The highest BCUT2D eigenvalue weighted by Crippen LogP contribution is 2.26. The topological polar surface area (TPSA) is 75.4 Å². The Morgan fingerprint density at radius 2 is 2.08 bits per heavy atom. The summed E-state index contributed by atoms with van der Waals surface area (Å²) >= 11 is 0. The van der Waals surface area contributed by atoms with Gasteiger partial charge in [-0.25, -0.2) is 4.39 Å². The first kappa shape index (κ1) is 16.2. The second-order valence-electron chi connectivity index (χ2n) is 6.01. The van der Waals surface area contributed by atoms with Crippen LogP contribution in [0.5, 0.6) is 0 Å². The van der Waals surface area contributed by atoms with E-state index in [-0.39, 0.29) is 23.4 Å². The SMILES string of the molecule is CC(C)c1cc(C(=O)N2CCNC(=O)C2c2ccc(F)cc2)no1. The van der Waals surface area contributed by atoms with Gasteiger partial charge >= 0.3 is 0 Å². The molecule has 1 aromatic heterocycles. The molecule has 2 aromatic rings. The number of hydrogen-bond acceptors (Lipinski definition) is 4. The van der Waals surface area contributed by atoms with Gasteiger partial charge in [0, 0.05) is 25.1 Å². The molecule has 1 saturated heterocycles. The Hall–Kier alpha value is -2.70. The summed E-state index contributed by atoms with van der Waals surface area (Å²) in [4.78, 5) is 26.5. The van der Waals surface area contributed by atoms with Crippen LogP contribution in [0.4, 0.5) is 4.39 Å². The summed E-state index contributed by atoms with van der Waals surface area (Å²) in [7, 11) is 0. The Kier molecular flexibility index (Phi) is 4.33. The Morgan fingerprint density at radius 1 is 1.38 bits per heavy atom.